The van der Waals surface area contributed by atoms with E-state index in [-0.39, 0.29) is 5.91 Å². The van der Waals surface area contributed by atoms with Gasteiger partial charge in [-0.25, -0.2) is 0 Å². The lowest BCUT2D eigenvalue weighted by Crippen LogP contribution is -2.46. The van der Waals surface area contributed by atoms with E-state index in [1.54, 1.807) is 0 Å². The fourth-order valence-electron chi connectivity index (χ4n) is 3.40. The standard InChI is InChI=1S/C18H27N3OS/c1-2-19-13-15-7-9-20(10-8-15)14-18(22)21-11-12-23-17-6-4-3-5-16(17)21/h3-6,15,19H,2,7-14H2,1H3. The first-order valence-electron chi connectivity index (χ1n) is 8.73. The number of fused-ring (bicyclic) bond motifs is 1. The van der Waals surface area contributed by atoms with Gasteiger partial charge in [0.15, 0.2) is 0 Å². The molecule has 4 nitrogen and oxygen atoms in total. The molecule has 1 aromatic carbocycles. The maximum absolute atomic E-state index is 12.7. The van der Waals surface area contributed by atoms with Crippen LogP contribution >= 0.6 is 11.8 Å². The summed E-state index contributed by atoms with van der Waals surface area (Å²) in [5.74, 6) is 2.02. The molecule has 1 N–H and O–H groups in total. The van der Waals surface area contributed by atoms with Crippen molar-refractivity contribution in [2.24, 2.45) is 5.92 Å². The molecular formula is C18H27N3OS. The summed E-state index contributed by atoms with van der Waals surface area (Å²) in [4.78, 5) is 18.3. The Morgan fingerprint density at radius 3 is 2.83 bits per heavy atom. The monoisotopic (exact) mass is 333 g/mol. The number of thioether (sulfide) groups is 1. The SMILES string of the molecule is CCNCC1CCN(CC(=O)N2CCSc3ccccc32)CC1. The van der Waals surface area contributed by atoms with E-state index in [2.05, 4.69) is 35.3 Å². The molecule has 2 aliphatic rings. The second-order valence-electron chi connectivity index (χ2n) is 6.39. The molecule has 126 valence electrons. The molecule has 5 heteroatoms. The molecule has 0 unspecified atom stereocenters. The summed E-state index contributed by atoms with van der Waals surface area (Å²) in [6.45, 7) is 7.81. The molecule has 2 aliphatic heterocycles. The molecule has 23 heavy (non-hydrogen) atoms. The summed E-state index contributed by atoms with van der Waals surface area (Å²) >= 11 is 1.85. The van der Waals surface area contributed by atoms with Crippen molar-refractivity contribution in [1.29, 1.82) is 0 Å². The van der Waals surface area contributed by atoms with Gasteiger partial charge in [-0.05, 0) is 57.1 Å². The van der Waals surface area contributed by atoms with E-state index < -0.39 is 0 Å². The average Bonchev–Trinajstić information content (AvgIpc) is 2.60. The molecule has 0 atom stereocenters. The van der Waals surface area contributed by atoms with Crippen LogP contribution in [-0.4, -0.2) is 55.8 Å². The van der Waals surface area contributed by atoms with Crippen molar-refractivity contribution in [3.8, 4) is 0 Å². The summed E-state index contributed by atoms with van der Waals surface area (Å²) in [6.07, 6.45) is 2.40. The van der Waals surface area contributed by atoms with Gasteiger partial charge in [0.2, 0.25) is 5.91 Å². The number of hydrogen-bond donors (Lipinski definition) is 1. The smallest absolute Gasteiger partial charge is 0.241 e. The van der Waals surface area contributed by atoms with E-state index in [9.17, 15) is 4.79 Å². The third-order valence-electron chi connectivity index (χ3n) is 4.78. The van der Waals surface area contributed by atoms with Crippen LogP contribution in [0.4, 0.5) is 5.69 Å². The number of carbonyl (C=O) groups excluding carboxylic acids is 1. The molecule has 0 saturated carbocycles. The van der Waals surface area contributed by atoms with Crippen LogP contribution in [0.1, 0.15) is 19.8 Å². The van der Waals surface area contributed by atoms with Crippen molar-refractivity contribution < 1.29 is 4.79 Å². The summed E-state index contributed by atoms with van der Waals surface area (Å²) in [7, 11) is 0. The lowest BCUT2D eigenvalue weighted by molar-refractivity contribution is -0.120. The number of anilines is 1. The van der Waals surface area contributed by atoms with Crippen LogP contribution in [-0.2, 0) is 4.79 Å². The first kappa shape index (κ1) is 16.8. The van der Waals surface area contributed by atoms with Crippen LogP contribution < -0.4 is 10.2 Å². The molecule has 3 rings (SSSR count). The molecule has 1 saturated heterocycles. The number of hydrogen-bond acceptors (Lipinski definition) is 4. The zero-order valence-electron chi connectivity index (χ0n) is 14.0. The van der Waals surface area contributed by atoms with E-state index in [4.69, 9.17) is 0 Å². The summed E-state index contributed by atoms with van der Waals surface area (Å²) in [5.41, 5.74) is 1.09. The second-order valence-corrected chi connectivity index (χ2v) is 7.53. The van der Waals surface area contributed by atoms with Gasteiger partial charge >= 0.3 is 0 Å². The van der Waals surface area contributed by atoms with E-state index in [1.807, 2.05) is 22.7 Å². The Hall–Kier alpha value is -1.04. The first-order valence-corrected chi connectivity index (χ1v) is 9.71. The fourth-order valence-corrected chi connectivity index (χ4v) is 4.40. The number of para-hydroxylation sites is 1. The van der Waals surface area contributed by atoms with Gasteiger partial charge in [-0.1, -0.05) is 19.1 Å². The second kappa shape index (κ2) is 8.18. The van der Waals surface area contributed by atoms with E-state index in [1.165, 1.54) is 17.7 Å². The Kier molecular flexibility index (Phi) is 5.97. The predicted octanol–water partition coefficient (Wildman–Crippen LogP) is 2.45. The van der Waals surface area contributed by atoms with Crippen LogP contribution in [0.15, 0.2) is 29.2 Å². The maximum atomic E-state index is 12.7. The molecule has 0 aliphatic carbocycles. The topological polar surface area (TPSA) is 35.6 Å². The summed E-state index contributed by atoms with van der Waals surface area (Å²) in [6, 6.07) is 8.26. The van der Waals surface area contributed by atoms with Gasteiger partial charge < -0.3 is 10.2 Å². The zero-order valence-corrected chi connectivity index (χ0v) is 14.8. The summed E-state index contributed by atoms with van der Waals surface area (Å²) in [5, 5.41) is 3.44. The number of amides is 1. The third kappa shape index (κ3) is 4.28. The molecule has 1 aromatic rings. The highest BCUT2D eigenvalue weighted by Crippen LogP contribution is 2.34. The number of benzene rings is 1. The van der Waals surface area contributed by atoms with Crippen LogP contribution in [0.25, 0.3) is 0 Å². The highest BCUT2D eigenvalue weighted by atomic mass is 32.2. The fraction of sp³-hybridized carbons (Fsp3) is 0.611. The number of carbonyl (C=O) groups is 1. The Balaban J connectivity index is 1.53. The minimum absolute atomic E-state index is 0.253. The minimum atomic E-state index is 0.253. The Morgan fingerprint density at radius 1 is 1.26 bits per heavy atom. The van der Waals surface area contributed by atoms with Gasteiger partial charge in [0.1, 0.15) is 0 Å². The molecule has 2 heterocycles. The van der Waals surface area contributed by atoms with Gasteiger partial charge in [-0.2, -0.15) is 0 Å². The normalized spacial score (nSPS) is 19.6. The quantitative estimate of drug-likeness (QED) is 0.898. The molecule has 1 fully saturated rings. The van der Waals surface area contributed by atoms with Crippen LogP contribution in [0.5, 0.6) is 0 Å². The van der Waals surface area contributed by atoms with Crippen molar-refractivity contribution in [1.82, 2.24) is 10.2 Å². The Bertz CT molecular complexity index is 529. The Morgan fingerprint density at radius 2 is 2.04 bits per heavy atom. The highest BCUT2D eigenvalue weighted by Gasteiger charge is 2.26. The predicted molar refractivity (Wildman–Crippen MR) is 97.2 cm³/mol. The zero-order chi connectivity index (χ0) is 16.1. The molecule has 1 amide bonds. The molecule has 0 spiro atoms. The molecular weight excluding hydrogens is 306 g/mol. The number of likely N-dealkylation sites (tertiary alicyclic amines) is 1. The largest absolute Gasteiger partial charge is 0.317 e. The minimum Gasteiger partial charge on any atom is -0.317 e. The van der Waals surface area contributed by atoms with E-state index in [0.717, 1.165) is 50.1 Å². The van der Waals surface area contributed by atoms with Gasteiger partial charge in [0.25, 0.3) is 0 Å². The van der Waals surface area contributed by atoms with Crippen LogP contribution in [0.3, 0.4) is 0 Å². The van der Waals surface area contributed by atoms with Crippen molar-refractivity contribution in [3.05, 3.63) is 24.3 Å². The summed E-state index contributed by atoms with van der Waals surface area (Å²) < 4.78 is 0. The van der Waals surface area contributed by atoms with E-state index in [0.29, 0.717) is 6.54 Å². The average molecular weight is 334 g/mol. The van der Waals surface area contributed by atoms with Crippen LogP contribution in [0.2, 0.25) is 0 Å². The molecule has 0 radical (unpaired) electrons. The van der Waals surface area contributed by atoms with Gasteiger partial charge in [-0.15, -0.1) is 11.8 Å². The van der Waals surface area contributed by atoms with Crippen molar-refractivity contribution in [3.63, 3.8) is 0 Å². The van der Waals surface area contributed by atoms with Gasteiger partial charge in [0.05, 0.1) is 12.2 Å². The van der Waals surface area contributed by atoms with Crippen molar-refractivity contribution in [2.75, 3.05) is 49.9 Å². The van der Waals surface area contributed by atoms with Crippen molar-refractivity contribution in [2.45, 2.75) is 24.7 Å². The number of nitrogens with zero attached hydrogens (tertiary/aromatic N) is 2. The first-order chi connectivity index (χ1) is 11.3. The number of nitrogens with one attached hydrogen (secondary N) is 1. The van der Waals surface area contributed by atoms with Gasteiger partial charge in [-0.3, -0.25) is 9.69 Å². The Labute approximate surface area is 143 Å². The van der Waals surface area contributed by atoms with Crippen molar-refractivity contribution >= 4 is 23.4 Å². The lowest BCUT2D eigenvalue weighted by Gasteiger charge is -2.34. The van der Waals surface area contributed by atoms with Crippen LogP contribution in [0, 0.1) is 5.92 Å². The molecule has 0 aromatic heterocycles. The number of rotatable bonds is 5. The third-order valence-corrected chi connectivity index (χ3v) is 5.82. The number of piperidine rings is 1. The lowest BCUT2D eigenvalue weighted by atomic mass is 9.97. The highest BCUT2D eigenvalue weighted by molar-refractivity contribution is 7.99. The van der Waals surface area contributed by atoms with E-state index >= 15 is 0 Å². The van der Waals surface area contributed by atoms with Gasteiger partial charge in [0, 0.05) is 17.2 Å². The maximum Gasteiger partial charge on any atom is 0.241 e. The molecule has 0 bridgehead atoms.